The molecule has 0 atom stereocenters. The molecule has 6 nitrogen and oxygen atoms in total. The van der Waals surface area contributed by atoms with Crippen LogP contribution in [0.2, 0.25) is 0 Å². The van der Waals surface area contributed by atoms with E-state index in [1.807, 2.05) is 60.7 Å². The normalized spacial score (nSPS) is 12.1. The summed E-state index contributed by atoms with van der Waals surface area (Å²) >= 11 is 0. The minimum Gasteiger partial charge on any atom is -0.456 e. The Balaban J connectivity index is 1.05. The van der Waals surface area contributed by atoms with E-state index in [1.165, 1.54) is 21.5 Å². The van der Waals surface area contributed by atoms with E-state index in [-0.39, 0.29) is 0 Å². The van der Waals surface area contributed by atoms with Crippen molar-refractivity contribution in [1.82, 2.24) is 19.5 Å². The lowest BCUT2D eigenvalue weighted by Gasteiger charge is -2.11. The summed E-state index contributed by atoms with van der Waals surface area (Å²) in [5, 5.41) is 11.2. The molecule has 0 saturated carbocycles. The van der Waals surface area contributed by atoms with Crippen molar-refractivity contribution in [3.05, 3.63) is 182 Å². The van der Waals surface area contributed by atoms with E-state index in [1.54, 1.807) is 0 Å². The molecule has 0 saturated heterocycles. The first-order chi connectivity index (χ1) is 29.2. The molecule has 0 aliphatic carbocycles. The van der Waals surface area contributed by atoms with E-state index >= 15 is 0 Å². The van der Waals surface area contributed by atoms with Gasteiger partial charge in [0, 0.05) is 60.8 Å². The van der Waals surface area contributed by atoms with Crippen molar-refractivity contribution in [3.8, 4) is 39.9 Å². The van der Waals surface area contributed by atoms with Gasteiger partial charge in [0.1, 0.15) is 22.3 Å². The summed E-state index contributed by atoms with van der Waals surface area (Å²) in [5.74, 6) is 1.73. The van der Waals surface area contributed by atoms with Gasteiger partial charge in [0.15, 0.2) is 17.5 Å². The van der Waals surface area contributed by atoms with Crippen LogP contribution in [0.4, 0.5) is 0 Å². The van der Waals surface area contributed by atoms with Gasteiger partial charge in [-0.3, -0.25) is 0 Å². The van der Waals surface area contributed by atoms with Crippen LogP contribution in [0.1, 0.15) is 0 Å². The number of rotatable bonds is 4. The van der Waals surface area contributed by atoms with Gasteiger partial charge in [-0.15, -0.1) is 0 Å². The molecular formula is C53H30N4O2. The van der Waals surface area contributed by atoms with Crippen LogP contribution in [-0.4, -0.2) is 19.5 Å². The Kier molecular flexibility index (Phi) is 6.63. The molecule has 0 bridgehead atoms. The molecule has 9 aromatic carbocycles. The minimum absolute atomic E-state index is 0.565. The number of para-hydroxylation sites is 2. The van der Waals surface area contributed by atoms with Crippen LogP contribution in [0.15, 0.2) is 191 Å². The minimum atomic E-state index is 0.565. The molecule has 0 radical (unpaired) electrons. The fourth-order valence-electron chi connectivity index (χ4n) is 9.26. The van der Waals surface area contributed by atoms with Crippen molar-refractivity contribution in [1.29, 1.82) is 0 Å². The van der Waals surface area contributed by atoms with E-state index in [0.29, 0.717) is 17.5 Å². The summed E-state index contributed by atoms with van der Waals surface area (Å²) in [6.07, 6.45) is 0. The molecule has 274 valence electrons. The zero-order chi connectivity index (χ0) is 38.6. The molecule has 0 amide bonds. The summed E-state index contributed by atoms with van der Waals surface area (Å²) in [4.78, 5) is 15.6. The Bertz CT molecular complexity index is 3860. The molecule has 0 N–H and O–H groups in total. The quantitative estimate of drug-likeness (QED) is 0.179. The van der Waals surface area contributed by atoms with E-state index in [2.05, 4.69) is 126 Å². The number of hydrogen-bond donors (Lipinski definition) is 0. The van der Waals surface area contributed by atoms with Gasteiger partial charge in [0.2, 0.25) is 0 Å². The molecule has 13 aromatic rings. The van der Waals surface area contributed by atoms with E-state index < -0.39 is 0 Å². The van der Waals surface area contributed by atoms with Crippen molar-refractivity contribution in [2.45, 2.75) is 0 Å². The maximum absolute atomic E-state index is 6.88. The number of nitrogens with zero attached hydrogens (tertiary/aromatic N) is 4. The second kappa shape index (κ2) is 12.2. The molecule has 0 fully saturated rings. The van der Waals surface area contributed by atoms with Crippen LogP contribution in [0.25, 0.3) is 127 Å². The number of hydrogen-bond acceptors (Lipinski definition) is 5. The first kappa shape index (κ1) is 32.0. The van der Waals surface area contributed by atoms with Gasteiger partial charge in [0.25, 0.3) is 0 Å². The summed E-state index contributed by atoms with van der Waals surface area (Å²) in [6, 6.07) is 63.2. The van der Waals surface area contributed by atoms with Crippen molar-refractivity contribution in [2.24, 2.45) is 0 Å². The smallest absolute Gasteiger partial charge is 0.164 e. The van der Waals surface area contributed by atoms with Crippen molar-refractivity contribution >= 4 is 87.2 Å². The third kappa shape index (κ3) is 4.71. The number of furan rings is 2. The van der Waals surface area contributed by atoms with Gasteiger partial charge in [0.05, 0.1) is 11.0 Å². The number of aromatic nitrogens is 4. The maximum Gasteiger partial charge on any atom is 0.164 e. The standard InChI is InChI=1S/C53H30N4O2/c1-2-14-32(15-3-1)51-54-52(40-21-12-24-45-50(40)38-20-9-11-23-44(38)58-45)56-53(55-51)41-30-47-49(36-18-7-6-17-35(36)41)39-27-26-33(29-46(39)59-47)57-42-22-10-8-19-37(42)48-34-16-5-4-13-31(34)25-28-43(48)57/h1-30H. The Hall–Kier alpha value is -8.09. The van der Waals surface area contributed by atoms with Crippen molar-refractivity contribution in [3.63, 3.8) is 0 Å². The van der Waals surface area contributed by atoms with Crippen LogP contribution >= 0.6 is 0 Å². The predicted molar refractivity (Wildman–Crippen MR) is 240 cm³/mol. The third-order valence-electron chi connectivity index (χ3n) is 11.8. The fraction of sp³-hybridized carbons (Fsp3) is 0. The summed E-state index contributed by atoms with van der Waals surface area (Å²) in [5.41, 5.74) is 9.20. The highest BCUT2D eigenvalue weighted by molar-refractivity contribution is 6.23. The van der Waals surface area contributed by atoms with Gasteiger partial charge < -0.3 is 13.4 Å². The second-order valence-electron chi connectivity index (χ2n) is 15.1. The number of benzene rings is 9. The molecule has 0 spiro atoms. The van der Waals surface area contributed by atoms with Gasteiger partial charge >= 0.3 is 0 Å². The monoisotopic (exact) mass is 754 g/mol. The predicted octanol–water partition coefficient (Wildman–Crippen LogP) is 14.1. The largest absolute Gasteiger partial charge is 0.456 e. The highest BCUT2D eigenvalue weighted by atomic mass is 16.3. The first-order valence-corrected chi connectivity index (χ1v) is 19.8. The second-order valence-corrected chi connectivity index (χ2v) is 15.1. The van der Waals surface area contributed by atoms with Crippen LogP contribution in [0.5, 0.6) is 0 Å². The average Bonchev–Trinajstić information content (AvgIpc) is 3.98. The highest BCUT2D eigenvalue weighted by Gasteiger charge is 2.22. The zero-order valence-electron chi connectivity index (χ0n) is 31.4. The Morgan fingerprint density at radius 2 is 1.00 bits per heavy atom. The SMILES string of the molecule is c1ccc(-c2nc(-c3cc4oc5cc(-n6c7ccccc7c7c8ccccc8ccc76)ccc5c4c4ccccc34)nc(-c3cccc4oc5ccccc5c34)n2)cc1. The third-order valence-corrected chi connectivity index (χ3v) is 11.8. The molecule has 4 aromatic heterocycles. The Labute approximate surface area is 336 Å². The highest BCUT2D eigenvalue weighted by Crippen LogP contribution is 2.43. The van der Waals surface area contributed by atoms with Crippen molar-refractivity contribution < 1.29 is 8.83 Å². The zero-order valence-corrected chi connectivity index (χ0v) is 31.4. The molecule has 13 rings (SSSR count). The van der Waals surface area contributed by atoms with E-state index in [4.69, 9.17) is 23.8 Å². The molecule has 0 aliphatic heterocycles. The van der Waals surface area contributed by atoms with Crippen molar-refractivity contribution in [2.75, 3.05) is 0 Å². The van der Waals surface area contributed by atoms with E-state index in [9.17, 15) is 0 Å². The molecule has 0 unspecified atom stereocenters. The Morgan fingerprint density at radius 3 is 1.88 bits per heavy atom. The number of fused-ring (bicyclic) bond motifs is 13. The molecule has 6 heteroatoms. The summed E-state index contributed by atoms with van der Waals surface area (Å²) in [6.45, 7) is 0. The van der Waals surface area contributed by atoms with Crippen LogP contribution in [0.3, 0.4) is 0 Å². The lowest BCUT2D eigenvalue weighted by atomic mass is 9.98. The topological polar surface area (TPSA) is 69.9 Å². The van der Waals surface area contributed by atoms with Gasteiger partial charge in [-0.2, -0.15) is 0 Å². The average molecular weight is 755 g/mol. The lowest BCUT2D eigenvalue weighted by Crippen LogP contribution is -2.01. The maximum atomic E-state index is 6.88. The van der Waals surface area contributed by atoms with Gasteiger partial charge in [-0.25, -0.2) is 15.0 Å². The van der Waals surface area contributed by atoms with Crippen LogP contribution in [0, 0.1) is 0 Å². The van der Waals surface area contributed by atoms with Crippen LogP contribution in [-0.2, 0) is 0 Å². The lowest BCUT2D eigenvalue weighted by molar-refractivity contribution is 0.668. The summed E-state index contributed by atoms with van der Waals surface area (Å²) < 4.78 is 15.5. The fourth-order valence-corrected chi connectivity index (χ4v) is 9.26. The Morgan fingerprint density at radius 1 is 0.339 bits per heavy atom. The van der Waals surface area contributed by atoms with Gasteiger partial charge in [-0.05, 0) is 64.0 Å². The molecule has 59 heavy (non-hydrogen) atoms. The first-order valence-electron chi connectivity index (χ1n) is 19.8. The van der Waals surface area contributed by atoms with Gasteiger partial charge in [-0.1, -0.05) is 133 Å². The molecule has 4 heterocycles. The molecular weight excluding hydrogens is 725 g/mol. The summed E-state index contributed by atoms with van der Waals surface area (Å²) in [7, 11) is 0. The van der Waals surface area contributed by atoms with Crippen LogP contribution < -0.4 is 0 Å². The van der Waals surface area contributed by atoms with E-state index in [0.717, 1.165) is 88.1 Å². The molecule has 0 aliphatic rings.